The van der Waals surface area contributed by atoms with Crippen molar-refractivity contribution in [1.82, 2.24) is 0 Å². The number of Topliss-reactive ketones (excluding diaryl/α,β-unsaturated/α-hetero) is 1. The number of hydrogen-bond donors (Lipinski definition) is 1. The molecule has 0 saturated heterocycles. The Morgan fingerprint density at radius 3 is 2.42 bits per heavy atom. The van der Waals surface area contributed by atoms with Crippen LogP contribution in [0, 0.1) is 11.8 Å². The molecule has 1 fully saturated rings. The molecule has 2 atom stereocenters. The zero-order valence-electron chi connectivity index (χ0n) is 19.0. The molecule has 2 unspecified atom stereocenters. The van der Waals surface area contributed by atoms with Crippen molar-refractivity contribution in [2.24, 2.45) is 11.8 Å². The smallest absolute Gasteiger partial charge is 0.303 e. The number of carboxylic acid groups (broad SMARTS) is 1. The molecule has 2 rings (SSSR count). The quantitative estimate of drug-likeness (QED) is 0.196. The number of ketones is 2. The molecule has 1 aliphatic carbocycles. The number of carboxylic acids is 1. The third kappa shape index (κ3) is 9.20. The van der Waals surface area contributed by atoms with E-state index >= 15 is 0 Å². The Balaban J connectivity index is 1.79. The highest BCUT2D eigenvalue weighted by atomic mass is 16.4. The van der Waals surface area contributed by atoms with Crippen molar-refractivity contribution in [2.75, 3.05) is 0 Å². The molecule has 170 valence electrons. The van der Waals surface area contributed by atoms with Crippen LogP contribution in [0.1, 0.15) is 99.9 Å². The number of aryl methyl sites for hydroxylation is 1. The van der Waals surface area contributed by atoms with Crippen LogP contribution < -0.4 is 0 Å². The number of hydrogen-bond acceptors (Lipinski definition) is 3. The second-order valence-electron chi connectivity index (χ2n) is 8.85. The van der Waals surface area contributed by atoms with Gasteiger partial charge in [-0.2, -0.15) is 0 Å². The lowest BCUT2D eigenvalue weighted by Crippen LogP contribution is -2.13. The van der Waals surface area contributed by atoms with E-state index in [0.717, 1.165) is 38.5 Å². The molecule has 1 aliphatic rings. The van der Waals surface area contributed by atoms with Crippen LogP contribution in [-0.4, -0.2) is 22.6 Å². The fourth-order valence-electron chi connectivity index (χ4n) is 4.43. The average molecular weight is 427 g/mol. The minimum atomic E-state index is -0.748. The maximum Gasteiger partial charge on any atom is 0.303 e. The van der Waals surface area contributed by atoms with Gasteiger partial charge in [0.2, 0.25) is 0 Å². The number of unbranched alkanes of at least 4 members (excludes halogenated alkanes) is 6. The predicted octanol–water partition coefficient (Wildman–Crippen LogP) is 6.57. The molecule has 1 N–H and O–H groups in total. The molecule has 0 spiro atoms. The van der Waals surface area contributed by atoms with E-state index in [1.165, 1.54) is 31.2 Å². The molecule has 4 heteroatoms. The zero-order valence-corrected chi connectivity index (χ0v) is 19.0. The van der Waals surface area contributed by atoms with Gasteiger partial charge in [0.25, 0.3) is 0 Å². The van der Waals surface area contributed by atoms with E-state index in [-0.39, 0.29) is 24.0 Å². The standard InChI is InChI=1S/C27H38O4/c1-2-3-4-7-10-21-13-15-23(16-14-21)25(28)19-17-22-18-20-26(29)24(22)11-8-5-6-9-12-27(30)31/h13-17,19,22,24H,2-12,18,20H2,1H3,(H,30,31). The van der Waals surface area contributed by atoms with Crippen molar-refractivity contribution < 1.29 is 19.5 Å². The summed E-state index contributed by atoms with van der Waals surface area (Å²) in [6, 6.07) is 7.94. The Labute approximate surface area is 187 Å². The van der Waals surface area contributed by atoms with Crippen molar-refractivity contribution in [1.29, 1.82) is 0 Å². The Morgan fingerprint density at radius 1 is 1.00 bits per heavy atom. The number of aliphatic carboxylic acids is 1. The molecule has 0 aromatic heterocycles. The first-order valence-electron chi connectivity index (χ1n) is 12.1. The van der Waals surface area contributed by atoms with Gasteiger partial charge in [0.15, 0.2) is 5.78 Å². The highest BCUT2D eigenvalue weighted by molar-refractivity contribution is 6.04. The van der Waals surface area contributed by atoms with Gasteiger partial charge in [-0.05, 0) is 49.7 Å². The highest BCUT2D eigenvalue weighted by Gasteiger charge is 2.32. The molecule has 0 amide bonds. The third-order valence-electron chi connectivity index (χ3n) is 6.36. The summed E-state index contributed by atoms with van der Waals surface area (Å²) in [5, 5.41) is 8.68. The molecule has 0 bridgehead atoms. The Kier molecular flexibility index (Phi) is 11.3. The van der Waals surface area contributed by atoms with Crippen LogP contribution in [0.5, 0.6) is 0 Å². The molecule has 31 heavy (non-hydrogen) atoms. The number of benzene rings is 1. The first-order chi connectivity index (χ1) is 15.0. The van der Waals surface area contributed by atoms with Gasteiger partial charge in [0.05, 0.1) is 0 Å². The molecule has 1 saturated carbocycles. The van der Waals surface area contributed by atoms with Crippen molar-refractivity contribution in [2.45, 2.75) is 90.4 Å². The summed E-state index contributed by atoms with van der Waals surface area (Å²) in [7, 11) is 0. The second-order valence-corrected chi connectivity index (χ2v) is 8.85. The van der Waals surface area contributed by atoms with Gasteiger partial charge in [-0.1, -0.05) is 75.8 Å². The fourth-order valence-corrected chi connectivity index (χ4v) is 4.43. The van der Waals surface area contributed by atoms with Crippen LogP contribution in [0.25, 0.3) is 0 Å². The maximum absolute atomic E-state index is 12.6. The van der Waals surface area contributed by atoms with Crippen LogP contribution in [-0.2, 0) is 16.0 Å². The summed E-state index contributed by atoms with van der Waals surface area (Å²) in [5.41, 5.74) is 1.98. The van der Waals surface area contributed by atoms with E-state index in [0.29, 0.717) is 24.2 Å². The molecule has 0 aliphatic heterocycles. The summed E-state index contributed by atoms with van der Waals surface area (Å²) in [4.78, 5) is 35.4. The van der Waals surface area contributed by atoms with Crippen LogP contribution in [0.15, 0.2) is 36.4 Å². The molecule has 1 aromatic carbocycles. The zero-order chi connectivity index (χ0) is 22.5. The van der Waals surface area contributed by atoms with E-state index < -0.39 is 5.97 Å². The Bertz CT molecular complexity index is 732. The van der Waals surface area contributed by atoms with Gasteiger partial charge in [-0.15, -0.1) is 0 Å². The predicted molar refractivity (Wildman–Crippen MR) is 124 cm³/mol. The fraction of sp³-hybridized carbons (Fsp3) is 0.593. The molecular weight excluding hydrogens is 388 g/mol. The molecule has 0 radical (unpaired) electrons. The molecule has 4 nitrogen and oxygen atoms in total. The summed E-state index contributed by atoms with van der Waals surface area (Å²) in [6.45, 7) is 2.21. The van der Waals surface area contributed by atoms with E-state index in [2.05, 4.69) is 19.1 Å². The average Bonchev–Trinajstić information content (AvgIpc) is 3.11. The summed E-state index contributed by atoms with van der Waals surface area (Å²) < 4.78 is 0. The number of carbonyl (C=O) groups excluding carboxylic acids is 2. The van der Waals surface area contributed by atoms with Crippen molar-refractivity contribution in [3.05, 3.63) is 47.5 Å². The molecular formula is C27H38O4. The number of allylic oxidation sites excluding steroid dienone is 2. The largest absolute Gasteiger partial charge is 0.481 e. The first kappa shape index (κ1) is 25.0. The minimum absolute atomic E-state index is 0.00398. The van der Waals surface area contributed by atoms with Gasteiger partial charge in [0.1, 0.15) is 5.78 Å². The van der Waals surface area contributed by atoms with E-state index in [4.69, 9.17) is 5.11 Å². The lowest BCUT2D eigenvalue weighted by atomic mass is 9.89. The normalized spacial score (nSPS) is 18.7. The summed E-state index contributed by atoms with van der Waals surface area (Å²) in [6.07, 6.45) is 15.6. The van der Waals surface area contributed by atoms with Gasteiger partial charge in [0, 0.05) is 24.3 Å². The van der Waals surface area contributed by atoms with E-state index in [1.807, 2.05) is 18.2 Å². The van der Waals surface area contributed by atoms with Crippen LogP contribution in [0.2, 0.25) is 0 Å². The van der Waals surface area contributed by atoms with Crippen molar-refractivity contribution in [3.63, 3.8) is 0 Å². The van der Waals surface area contributed by atoms with E-state index in [9.17, 15) is 14.4 Å². The molecule has 0 heterocycles. The monoisotopic (exact) mass is 426 g/mol. The number of rotatable bonds is 15. The lowest BCUT2D eigenvalue weighted by molar-refractivity contribution is -0.137. The van der Waals surface area contributed by atoms with Gasteiger partial charge in [-0.25, -0.2) is 0 Å². The summed E-state index contributed by atoms with van der Waals surface area (Å²) >= 11 is 0. The van der Waals surface area contributed by atoms with Crippen molar-refractivity contribution in [3.8, 4) is 0 Å². The van der Waals surface area contributed by atoms with Crippen LogP contribution in [0.4, 0.5) is 0 Å². The second kappa shape index (κ2) is 14.0. The lowest BCUT2D eigenvalue weighted by Gasteiger charge is -2.14. The number of carbonyl (C=O) groups is 3. The van der Waals surface area contributed by atoms with Crippen molar-refractivity contribution >= 4 is 17.5 Å². The first-order valence-corrected chi connectivity index (χ1v) is 12.1. The third-order valence-corrected chi connectivity index (χ3v) is 6.36. The Morgan fingerprint density at radius 2 is 1.71 bits per heavy atom. The highest BCUT2D eigenvalue weighted by Crippen LogP contribution is 2.34. The van der Waals surface area contributed by atoms with Gasteiger partial charge >= 0.3 is 5.97 Å². The minimum Gasteiger partial charge on any atom is -0.481 e. The topological polar surface area (TPSA) is 71.4 Å². The van der Waals surface area contributed by atoms with Gasteiger partial charge in [-0.3, -0.25) is 14.4 Å². The molecule has 1 aromatic rings. The maximum atomic E-state index is 12.6. The SMILES string of the molecule is CCCCCCc1ccc(C(=O)C=CC2CCC(=O)C2CCCCCCC(=O)O)cc1. The Hall–Kier alpha value is -2.23. The van der Waals surface area contributed by atoms with Gasteiger partial charge < -0.3 is 5.11 Å². The van der Waals surface area contributed by atoms with E-state index in [1.54, 1.807) is 6.08 Å². The summed E-state index contributed by atoms with van der Waals surface area (Å²) in [5.74, 6) is -0.283. The van der Waals surface area contributed by atoms with Crippen LogP contribution >= 0.6 is 0 Å². The van der Waals surface area contributed by atoms with Crippen LogP contribution in [0.3, 0.4) is 0 Å².